The summed E-state index contributed by atoms with van der Waals surface area (Å²) in [7, 11) is 0. The molecule has 1 aliphatic rings. The summed E-state index contributed by atoms with van der Waals surface area (Å²) in [4.78, 5) is 22.4. The molecule has 1 amide bonds. The zero-order valence-corrected chi connectivity index (χ0v) is 14.0. The van der Waals surface area contributed by atoms with Crippen molar-refractivity contribution in [3.05, 3.63) is 30.2 Å². The molecule has 1 N–H and O–H groups in total. The van der Waals surface area contributed by atoms with Gasteiger partial charge in [-0.3, -0.25) is 0 Å². The van der Waals surface area contributed by atoms with Crippen LogP contribution in [0.3, 0.4) is 0 Å². The van der Waals surface area contributed by atoms with Gasteiger partial charge in [-0.2, -0.15) is 0 Å². The van der Waals surface area contributed by atoms with Crippen molar-refractivity contribution in [1.82, 2.24) is 14.9 Å². The van der Waals surface area contributed by atoms with Crippen LogP contribution in [0, 0.1) is 5.82 Å². The average molecular weight is 332 g/mol. The summed E-state index contributed by atoms with van der Waals surface area (Å²) in [6.45, 7) is 6.72. The first-order chi connectivity index (χ1) is 11.3. The molecule has 1 aromatic heterocycles. The standard InChI is InChI=1S/C17H21FN4O2/c1-17(2,3)24-16(23)22-7-6-13(10-22)20-15-19-9-11-8-12(18)4-5-14(11)21-15/h4-5,8-9,13H,6-7,10H2,1-3H3,(H,19,20,21)/t13-/m0/s1. The molecule has 128 valence electrons. The maximum atomic E-state index is 13.2. The van der Waals surface area contributed by atoms with E-state index in [0.717, 1.165) is 6.42 Å². The normalized spacial score (nSPS) is 18.0. The molecule has 0 unspecified atom stereocenters. The van der Waals surface area contributed by atoms with Crippen LogP contribution in [0.25, 0.3) is 10.9 Å². The molecule has 3 rings (SSSR count). The number of hydrogen-bond acceptors (Lipinski definition) is 5. The maximum absolute atomic E-state index is 13.2. The van der Waals surface area contributed by atoms with Crippen LogP contribution in [0.4, 0.5) is 15.1 Å². The lowest BCUT2D eigenvalue weighted by Crippen LogP contribution is -2.36. The Hall–Kier alpha value is -2.44. The van der Waals surface area contributed by atoms with Gasteiger partial charge in [0.05, 0.1) is 5.52 Å². The molecule has 24 heavy (non-hydrogen) atoms. The molecule has 1 saturated heterocycles. The van der Waals surface area contributed by atoms with E-state index in [1.54, 1.807) is 17.2 Å². The topological polar surface area (TPSA) is 67.3 Å². The van der Waals surface area contributed by atoms with E-state index in [9.17, 15) is 9.18 Å². The molecular weight excluding hydrogens is 311 g/mol. The lowest BCUT2D eigenvalue weighted by molar-refractivity contribution is 0.0293. The molecule has 1 aromatic carbocycles. The fourth-order valence-corrected chi connectivity index (χ4v) is 2.63. The number of carbonyl (C=O) groups is 1. The third-order valence-electron chi connectivity index (χ3n) is 3.72. The van der Waals surface area contributed by atoms with Gasteiger partial charge in [0.2, 0.25) is 5.95 Å². The maximum Gasteiger partial charge on any atom is 0.410 e. The number of fused-ring (bicyclic) bond motifs is 1. The van der Waals surface area contributed by atoms with E-state index in [4.69, 9.17) is 4.74 Å². The highest BCUT2D eigenvalue weighted by Crippen LogP contribution is 2.19. The first-order valence-corrected chi connectivity index (χ1v) is 7.97. The average Bonchev–Trinajstić information content (AvgIpc) is 2.94. The Morgan fingerprint density at radius 2 is 2.21 bits per heavy atom. The molecule has 0 bridgehead atoms. The highest BCUT2D eigenvalue weighted by Gasteiger charge is 2.30. The summed E-state index contributed by atoms with van der Waals surface area (Å²) >= 11 is 0. The van der Waals surface area contributed by atoms with E-state index in [1.165, 1.54) is 12.1 Å². The molecule has 0 radical (unpaired) electrons. The van der Waals surface area contributed by atoms with Crippen molar-refractivity contribution in [2.24, 2.45) is 0 Å². The summed E-state index contributed by atoms with van der Waals surface area (Å²) in [6, 6.07) is 4.47. The van der Waals surface area contributed by atoms with Crippen molar-refractivity contribution in [2.75, 3.05) is 18.4 Å². The zero-order valence-electron chi connectivity index (χ0n) is 14.0. The number of rotatable bonds is 2. The molecular formula is C17H21FN4O2. The van der Waals surface area contributed by atoms with Gasteiger partial charge in [-0.05, 0) is 45.4 Å². The molecule has 6 nitrogen and oxygen atoms in total. The number of nitrogens with zero attached hydrogens (tertiary/aromatic N) is 3. The van der Waals surface area contributed by atoms with Crippen LogP contribution >= 0.6 is 0 Å². The fourth-order valence-electron chi connectivity index (χ4n) is 2.63. The van der Waals surface area contributed by atoms with Crippen molar-refractivity contribution < 1.29 is 13.9 Å². The smallest absolute Gasteiger partial charge is 0.410 e. The molecule has 0 aliphatic carbocycles. The lowest BCUT2D eigenvalue weighted by Gasteiger charge is -2.24. The number of amides is 1. The predicted molar refractivity (Wildman–Crippen MR) is 89.3 cm³/mol. The minimum absolute atomic E-state index is 0.0652. The number of halogens is 1. The van der Waals surface area contributed by atoms with Crippen molar-refractivity contribution >= 4 is 22.9 Å². The number of ether oxygens (including phenoxy) is 1. The third-order valence-corrected chi connectivity index (χ3v) is 3.72. The van der Waals surface area contributed by atoms with Crippen molar-refractivity contribution in [1.29, 1.82) is 0 Å². The first-order valence-electron chi connectivity index (χ1n) is 7.97. The van der Waals surface area contributed by atoms with Crippen LogP contribution in [0.1, 0.15) is 27.2 Å². The van der Waals surface area contributed by atoms with Gasteiger partial charge in [0, 0.05) is 30.7 Å². The predicted octanol–water partition coefficient (Wildman–Crippen LogP) is 3.19. The summed E-state index contributed by atoms with van der Waals surface area (Å²) in [5, 5.41) is 3.88. The van der Waals surface area contributed by atoms with Crippen LogP contribution in [-0.4, -0.2) is 45.7 Å². The monoisotopic (exact) mass is 332 g/mol. The lowest BCUT2D eigenvalue weighted by atomic mass is 10.2. The van der Waals surface area contributed by atoms with Gasteiger partial charge in [-0.25, -0.2) is 19.2 Å². The number of likely N-dealkylation sites (tertiary alicyclic amines) is 1. The Morgan fingerprint density at radius 1 is 1.42 bits per heavy atom. The minimum atomic E-state index is -0.501. The highest BCUT2D eigenvalue weighted by atomic mass is 19.1. The number of aromatic nitrogens is 2. The molecule has 2 heterocycles. The molecule has 0 spiro atoms. The summed E-state index contributed by atoms with van der Waals surface area (Å²) < 4.78 is 18.6. The van der Waals surface area contributed by atoms with E-state index in [0.29, 0.717) is 29.9 Å². The second kappa shape index (κ2) is 6.22. The molecule has 1 atom stereocenters. The molecule has 2 aromatic rings. The van der Waals surface area contributed by atoms with Gasteiger partial charge in [0.15, 0.2) is 0 Å². The van der Waals surface area contributed by atoms with E-state index in [1.807, 2.05) is 20.8 Å². The van der Waals surface area contributed by atoms with Gasteiger partial charge in [-0.1, -0.05) is 0 Å². The molecule has 1 aliphatic heterocycles. The molecule has 7 heteroatoms. The van der Waals surface area contributed by atoms with Gasteiger partial charge < -0.3 is 15.0 Å². The number of nitrogens with one attached hydrogen (secondary N) is 1. The minimum Gasteiger partial charge on any atom is -0.444 e. The van der Waals surface area contributed by atoms with Crippen molar-refractivity contribution in [3.63, 3.8) is 0 Å². The second-order valence-electron chi connectivity index (χ2n) is 6.95. The van der Waals surface area contributed by atoms with E-state index < -0.39 is 5.60 Å². The van der Waals surface area contributed by atoms with Gasteiger partial charge in [0.25, 0.3) is 0 Å². The fraction of sp³-hybridized carbons (Fsp3) is 0.471. The van der Waals surface area contributed by atoms with E-state index in [2.05, 4.69) is 15.3 Å². The van der Waals surface area contributed by atoms with Crippen molar-refractivity contribution in [2.45, 2.75) is 38.8 Å². The Morgan fingerprint density at radius 3 is 2.96 bits per heavy atom. The second-order valence-corrected chi connectivity index (χ2v) is 6.95. The van der Waals surface area contributed by atoms with Gasteiger partial charge in [-0.15, -0.1) is 0 Å². The molecule has 1 fully saturated rings. The van der Waals surface area contributed by atoms with E-state index in [-0.39, 0.29) is 18.0 Å². The van der Waals surface area contributed by atoms with Gasteiger partial charge in [0.1, 0.15) is 11.4 Å². The van der Waals surface area contributed by atoms with Crippen LogP contribution in [-0.2, 0) is 4.74 Å². The van der Waals surface area contributed by atoms with Crippen molar-refractivity contribution in [3.8, 4) is 0 Å². The van der Waals surface area contributed by atoms with Crippen LogP contribution in [0.5, 0.6) is 0 Å². The van der Waals surface area contributed by atoms with Crippen LogP contribution in [0.2, 0.25) is 0 Å². The SMILES string of the molecule is CC(C)(C)OC(=O)N1CC[C@H](Nc2ncc3cc(F)ccc3n2)C1. The molecule has 0 saturated carbocycles. The Balaban J connectivity index is 1.63. The Kier molecular flexibility index (Phi) is 4.26. The van der Waals surface area contributed by atoms with E-state index >= 15 is 0 Å². The summed E-state index contributed by atoms with van der Waals surface area (Å²) in [5.41, 5.74) is 0.176. The van der Waals surface area contributed by atoms with Crippen LogP contribution < -0.4 is 5.32 Å². The summed E-state index contributed by atoms with van der Waals surface area (Å²) in [5.74, 6) is 0.167. The third kappa shape index (κ3) is 3.90. The van der Waals surface area contributed by atoms with Crippen LogP contribution in [0.15, 0.2) is 24.4 Å². The number of benzene rings is 1. The first kappa shape index (κ1) is 16.4. The number of anilines is 1. The number of carbonyl (C=O) groups excluding carboxylic acids is 1. The number of hydrogen-bond donors (Lipinski definition) is 1. The van der Waals surface area contributed by atoms with Gasteiger partial charge >= 0.3 is 6.09 Å². The Labute approximate surface area is 140 Å². The summed E-state index contributed by atoms with van der Waals surface area (Å²) in [6.07, 6.45) is 2.08. The zero-order chi connectivity index (χ0) is 17.3. The largest absolute Gasteiger partial charge is 0.444 e. The highest BCUT2D eigenvalue weighted by molar-refractivity contribution is 5.78. The Bertz CT molecular complexity index is 760. The quantitative estimate of drug-likeness (QED) is 0.915.